The molecule has 18 heavy (non-hydrogen) atoms. The van der Waals surface area contributed by atoms with Crippen molar-refractivity contribution in [3.05, 3.63) is 22.3 Å². The number of halogens is 1. The van der Waals surface area contributed by atoms with Crippen molar-refractivity contribution in [2.45, 2.75) is 38.0 Å². The molecule has 0 saturated heterocycles. The van der Waals surface area contributed by atoms with E-state index in [1.165, 1.54) is 0 Å². The highest BCUT2D eigenvalue weighted by Crippen LogP contribution is 2.39. The van der Waals surface area contributed by atoms with Gasteiger partial charge in [-0.05, 0) is 41.8 Å². The molecule has 96 valence electrons. The molecule has 0 unspecified atom stereocenters. The van der Waals surface area contributed by atoms with Crippen LogP contribution in [0.1, 0.15) is 25.3 Å². The van der Waals surface area contributed by atoms with Crippen molar-refractivity contribution in [3.63, 3.8) is 0 Å². The lowest BCUT2D eigenvalue weighted by molar-refractivity contribution is -0.0292. The van der Waals surface area contributed by atoms with Crippen LogP contribution in [0.5, 0.6) is 0 Å². The number of aliphatic hydroxyl groups is 1. The van der Waals surface area contributed by atoms with E-state index in [0.717, 1.165) is 10.0 Å². The van der Waals surface area contributed by atoms with Crippen molar-refractivity contribution in [2.24, 2.45) is 0 Å². The van der Waals surface area contributed by atoms with Crippen LogP contribution in [-0.2, 0) is 6.54 Å². The van der Waals surface area contributed by atoms with Crippen LogP contribution in [0.25, 0.3) is 0 Å². The van der Waals surface area contributed by atoms with E-state index < -0.39 is 5.60 Å². The lowest BCUT2D eigenvalue weighted by Crippen LogP contribution is -2.59. The fourth-order valence-corrected chi connectivity index (χ4v) is 3.03. The SMILES string of the molecule is CC1(O)CC(N2C(=O)NCc3cc(Br)cnc32)C1. The molecule has 3 rings (SSSR count). The lowest BCUT2D eigenvalue weighted by atomic mass is 9.76. The quantitative estimate of drug-likeness (QED) is 0.831. The second-order valence-corrected chi connectivity index (χ2v) is 6.14. The largest absolute Gasteiger partial charge is 0.390 e. The third-order valence-electron chi connectivity index (χ3n) is 3.50. The van der Waals surface area contributed by atoms with Gasteiger partial charge in [-0.15, -0.1) is 0 Å². The Hall–Kier alpha value is -1.14. The van der Waals surface area contributed by atoms with Crippen LogP contribution in [0.2, 0.25) is 0 Å². The number of carbonyl (C=O) groups excluding carboxylic acids is 1. The van der Waals surface area contributed by atoms with Crippen LogP contribution >= 0.6 is 15.9 Å². The van der Waals surface area contributed by atoms with Crippen LogP contribution in [0, 0.1) is 0 Å². The third-order valence-corrected chi connectivity index (χ3v) is 3.94. The normalized spacial score (nSPS) is 30.5. The summed E-state index contributed by atoms with van der Waals surface area (Å²) in [5.41, 5.74) is 0.341. The molecule has 2 amide bonds. The van der Waals surface area contributed by atoms with E-state index in [9.17, 15) is 9.90 Å². The molecule has 2 N–H and O–H groups in total. The molecule has 0 atom stereocenters. The zero-order valence-corrected chi connectivity index (χ0v) is 11.6. The number of nitrogens with one attached hydrogen (secondary N) is 1. The van der Waals surface area contributed by atoms with Crippen LogP contribution in [0.3, 0.4) is 0 Å². The number of rotatable bonds is 1. The van der Waals surface area contributed by atoms with Gasteiger partial charge >= 0.3 is 6.03 Å². The Morgan fingerprint density at radius 1 is 1.61 bits per heavy atom. The highest BCUT2D eigenvalue weighted by molar-refractivity contribution is 9.10. The van der Waals surface area contributed by atoms with Gasteiger partial charge in [-0.2, -0.15) is 0 Å². The highest BCUT2D eigenvalue weighted by atomic mass is 79.9. The number of fused-ring (bicyclic) bond motifs is 1. The van der Waals surface area contributed by atoms with Crippen molar-refractivity contribution >= 4 is 27.8 Å². The second kappa shape index (κ2) is 3.93. The van der Waals surface area contributed by atoms with Gasteiger partial charge in [-0.1, -0.05) is 0 Å². The Balaban J connectivity index is 1.93. The first kappa shape index (κ1) is 11.9. The predicted octanol–water partition coefficient (Wildman–Crippen LogP) is 1.79. The van der Waals surface area contributed by atoms with E-state index >= 15 is 0 Å². The number of urea groups is 1. The van der Waals surface area contributed by atoms with E-state index in [2.05, 4.69) is 26.2 Å². The molecular formula is C12H14BrN3O2. The van der Waals surface area contributed by atoms with Crippen molar-refractivity contribution in [1.29, 1.82) is 0 Å². The average molecular weight is 312 g/mol. The summed E-state index contributed by atoms with van der Waals surface area (Å²) in [5.74, 6) is 0.711. The fraction of sp³-hybridized carbons (Fsp3) is 0.500. The molecule has 1 aromatic heterocycles. The molecule has 0 spiro atoms. The molecule has 0 radical (unpaired) electrons. The number of carbonyl (C=O) groups is 1. The Kier molecular flexibility index (Phi) is 2.60. The van der Waals surface area contributed by atoms with Gasteiger partial charge < -0.3 is 10.4 Å². The molecule has 2 aliphatic rings. The molecule has 1 aromatic rings. The smallest absolute Gasteiger partial charge is 0.323 e. The van der Waals surface area contributed by atoms with Crippen molar-refractivity contribution < 1.29 is 9.90 Å². The number of hydrogen-bond donors (Lipinski definition) is 2. The van der Waals surface area contributed by atoms with E-state index in [1.807, 2.05) is 6.07 Å². The molecule has 6 heteroatoms. The highest BCUT2D eigenvalue weighted by Gasteiger charge is 2.45. The summed E-state index contributed by atoms with van der Waals surface area (Å²) in [5, 5.41) is 12.6. The van der Waals surface area contributed by atoms with E-state index in [-0.39, 0.29) is 12.1 Å². The monoisotopic (exact) mass is 311 g/mol. The molecular weight excluding hydrogens is 298 g/mol. The number of hydrogen-bond acceptors (Lipinski definition) is 3. The summed E-state index contributed by atoms with van der Waals surface area (Å²) in [6, 6.07) is 1.87. The average Bonchev–Trinajstić information content (AvgIpc) is 2.26. The van der Waals surface area contributed by atoms with E-state index in [0.29, 0.717) is 25.2 Å². The Labute approximate surface area is 113 Å². The molecule has 0 bridgehead atoms. The molecule has 1 aliphatic carbocycles. The van der Waals surface area contributed by atoms with Crippen molar-refractivity contribution in [1.82, 2.24) is 10.3 Å². The Morgan fingerprint density at radius 3 is 3.00 bits per heavy atom. The maximum Gasteiger partial charge on any atom is 0.323 e. The van der Waals surface area contributed by atoms with E-state index in [4.69, 9.17) is 0 Å². The number of amides is 2. The molecule has 1 saturated carbocycles. The Bertz CT molecular complexity index is 510. The standard InChI is InChI=1S/C12H14BrN3O2/c1-12(18)3-9(4-12)16-10-7(5-15-11(16)17)2-8(13)6-14-10/h2,6,9,18H,3-5H2,1H3,(H,15,17). The molecule has 2 heterocycles. The number of aromatic nitrogens is 1. The van der Waals surface area contributed by atoms with Gasteiger partial charge in [0.25, 0.3) is 0 Å². The summed E-state index contributed by atoms with van der Waals surface area (Å²) in [4.78, 5) is 18.0. The van der Waals surface area contributed by atoms with Gasteiger partial charge in [0.15, 0.2) is 0 Å². The lowest BCUT2D eigenvalue weighted by Gasteiger charge is -2.47. The zero-order valence-electron chi connectivity index (χ0n) is 9.98. The van der Waals surface area contributed by atoms with Crippen LogP contribution < -0.4 is 10.2 Å². The minimum absolute atomic E-state index is 0.0349. The van der Waals surface area contributed by atoms with E-state index in [1.54, 1.807) is 18.0 Å². The van der Waals surface area contributed by atoms with Crippen molar-refractivity contribution in [2.75, 3.05) is 4.90 Å². The first-order valence-electron chi connectivity index (χ1n) is 5.90. The summed E-state index contributed by atoms with van der Waals surface area (Å²) < 4.78 is 0.901. The fourth-order valence-electron chi connectivity index (χ4n) is 2.65. The minimum atomic E-state index is -0.655. The number of nitrogens with zero attached hydrogens (tertiary/aromatic N) is 2. The topological polar surface area (TPSA) is 65.5 Å². The zero-order chi connectivity index (χ0) is 12.9. The summed E-state index contributed by atoms with van der Waals surface area (Å²) >= 11 is 3.38. The minimum Gasteiger partial charge on any atom is -0.390 e. The maximum absolute atomic E-state index is 12.0. The van der Waals surface area contributed by atoms with Crippen molar-refractivity contribution in [3.8, 4) is 0 Å². The maximum atomic E-state index is 12.0. The molecule has 0 aromatic carbocycles. The first-order chi connectivity index (χ1) is 8.46. The number of anilines is 1. The molecule has 5 nitrogen and oxygen atoms in total. The van der Waals surface area contributed by atoms with Gasteiger partial charge in [0.2, 0.25) is 0 Å². The molecule has 1 fully saturated rings. The predicted molar refractivity (Wildman–Crippen MR) is 70.3 cm³/mol. The van der Waals surface area contributed by atoms with Gasteiger partial charge in [-0.25, -0.2) is 9.78 Å². The van der Waals surface area contributed by atoms with Gasteiger partial charge in [0.05, 0.1) is 5.60 Å². The van der Waals surface area contributed by atoms with Crippen LogP contribution in [0.4, 0.5) is 10.6 Å². The summed E-state index contributed by atoms with van der Waals surface area (Å²) in [6.45, 7) is 2.29. The third kappa shape index (κ3) is 1.89. The van der Waals surface area contributed by atoms with Gasteiger partial charge in [0.1, 0.15) is 5.82 Å². The van der Waals surface area contributed by atoms with Gasteiger partial charge in [-0.3, -0.25) is 4.90 Å². The van der Waals surface area contributed by atoms with Gasteiger partial charge in [0, 0.05) is 28.8 Å². The van der Waals surface area contributed by atoms with Crippen LogP contribution in [-0.4, -0.2) is 27.8 Å². The molecule has 1 aliphatic heterocycles. The number of pyridine rings is 1. The summed E-state index contributed by atoms with van der Waals surface area (Å²) in [7, 11) is 0. The first-order valence-corrected chi connectivity index (χ1v) is 6.69. The van der Waals surface area contributed by atoms with Crippen LogP contribution in [0.15, 0.2) is 16.7 Å². The Morgan fingerprint density at radius 2 is 2.33 bits per heavy atom. The summed E-state index contributed by atoms with van der Waals surface area (Å²) in [6.07, 6.45) is 2.89. The second-order valence-electron chi connectivity index (χ2n) is 5.22.